The summed E-state index contributed by atoms with van der Waals surface area (Å²) in [4.78, 5) is 38.6. The van der Waals surface area contributed by atoms with Crippen LogP contribution in [-0.4, -0.2) is 50.6 Å². The molecule has 1 heterocycles. The highest BCUT2D eigenvalue weighted by Crippen LogP contribution is 2.36. The van der Waals surface area contributed by atoms with Gasteiger partial charge in [-0.15, -0.1) is 0 Å². The predicted molar refractivity (Wildman–Crippen MR) is 100 cm³/mol. The van der Waals surface area contributed by atoms with Gasteiger partial charge in [-0.25, -0.2) is 0 Å². The zero-order chi connectivity index (χ0) is 20.0. The summed E-state index contributed by atoms with van der Waals surface area (Å²) in [5, 5.41) is 0. The lowest BCUT2D eigenvalue weighted by atomic mass is 10.0. The van der Waals surface area contributed by atoms with Crippen LogP contribution in [0.3, 0.4) is 0 Å². The van der Waals surface area contributed by atoms with Gasteiger partial charge >= 0.3 is 5.97 Å². The lowest BCUT2D eigenvalue weighted by molar-refractivity contribution is -0.144. The first-order chi connectivity index (χ1) is 12.9. The number of rotatable bonds is 9. The minimum atomic E-state index is -0.693. The van der Waals surface area contributed by atoms with Gasteiger partial charge in [-0.2, -0.15) is 0 Å². The molecule has 148 valence electrons. The maximum Gasteiger partial charge on any atom is 0.326 e. The SMILES string of the molecule is CCCC(=O)c1ccc2c(c1)N(CC(=O)OCCOC)C(=O)C(C(C)C)O2. The van der Waals surface area contributed by atoms with Gasteiger partial charge in [0.05, 0.1) is 12.3 Å². The second kappa shape index (κ2) is 9.50. The highest BCUT2D eigenvalue weighted by Gasteiger charge is 2.37. The summed E-state index contributed by atoms with van der Waals surface area (Å²) in [7, 11) is 1.51. The Hall–Kier alpha value is -2.41. The third-order valence-electron chi connectivity index (χ3n) is 4.26. The summed E-state index contributed by atoms with van der Waals surface area (Å²) in [5.74, 6) is -0.464. The van der Waals surface area contributed by atoms with Crippen molar-refractivity contribution in [2.75, 3.05) is 31.8 Å². The number of ether oxygens (including phenoxy) is 3. The third kappa shape index (κ3) is 5.07. The van der Waals surface area contributed by atoms with Crippen molar-refractivity contribution >= 4 is 23.3 Å². The molecule has 1 amide bonds. The van der Waals surface area contributed by atoms with Crippen LogP contribution in [0.2, 0.25) is 0 Å². The molecule has 7 heteroatoms. The van der Waals surface area contributed by atoms with Gasteiger partial charge < -0.3 is 14.2 Å². The summed E-state index contributed by atoms with van der Waals surface area (Å²) < 4.78 is 15.8. The number of Topliss-reactive ketones (excluding diaryl/α,β-unsaturated/α-hetero) is 1. The number of anilines is 1. The van der Waals surface area contributed by atoms with Gasteiger partial charge in [0.25, 0.3) is 5.91 Å². The topological polar surface area (TPSA) is 82.1 Å². The molecule has 1 aromatic carbocycles. The highest BCUT2D eigenvalue weighted by molar-refractivity contribution is 6.05. The largest absolute Gasteiger partial charge is 0.478 e. The van der Waals surface area contributed by atoms with Crippen molar-refractivity contribution in [3.63, 3.8) is 0 Å². The molecular formula is C20H27NO6. The molecule has 1 aliphatic heterocycles. The molecule has 27 heavy (non-hydrogen) atoms. The molecule has 1 atom stereocenters. The van der Waals surface area contributed by atoms with E-state index in [1.165, 1.54) is 12.0 Å². The van der Waals surface area contributed by atoms with E-state index in [0.29, 0.717) is 23.4 Å². The maximum atomic E-state index is 12.9. The van der Waals surface area contributed by atoms with Gasteiger partial charge in [-0.3, -0.25) is 19.3 Å². The van der Waals surface area contributed by atoms with E-state index in [4.69, 9.17) is 14.2 Å². The van der Waals surface area contributed by atoms with Crippen LogP contribution in [0.5, 0.6) is 5.75 Å². The molecule has 0 spiro atoms. The molecule has 1 aliphatic rings. The molecule has 0 fully saturated rings. The van der Waals surface area contributed by atoms with E-state index in [1.807, 2.05) is 20.8 Å². The first-order valence-corrected chi connectivity index (χ1v) is 9.18. The van der Waals surface area contributed by atoms with Crippen LogP contribution in [0.4, 0.5) is 5.69 Å². The number of fused-ring (bicyclic) bond motifs is 1. The average Bonchev–Trinajstić information content (AvgIpc) is 2.63. The molecule has 0 bridgehead atoms. The first-order valence-electron chi connectivity index (χ1n) is 9.18. The van der Waals surface area contributed by atoms with Gasteiger partial charge in [-0.1, -0.05) is 20.8 Å². The number of benzene rings is 1. The molecule has 0 aliphatic carbocycles. The van der Waals surface area contributed by atoms with Crippen LogP contribution in [-0.2, 0) is 19.1 Å². The Morgan fingerprint density at radius 1 is 1.26 bits per heavy atom. The van der Waals surface area contributed by atoms with Crippen LogP contribution >= 0.6 is 0 Å². The minimum Gasteiger partial charge on any atom is -0.478 e. The average molecular weight is 377 g/mol. The molecule has 7 nitrogen and oxygen atoms in total. The van der Waals surface area contributed by atoms with Crippen molar-refractivity contribution < 1.29 is 28.6 Å². The monoisotopic (exact) mass is 377 g/mol. The third-order valence-corrected chi connectivity index (χ3v) is 4.26. The van der Waals surface area contributed by atoms with Crippen molar-refractivity contribution in [1.82, 2.24) is 0 Å². The zero-order valence-electron chi connectivity index (χ0n) is 16.3. The van der Waals surface area contributed by atoms with Gasteiger partial charge in [0.15, 0.2) is 11.9 Å². The summed E-state index contributed by atoms with van der Waals surface area (Å²) in [6, 6.07) is 4.99. The Bertz CT molecular complexity index is 700. The van der Waals surface area contributed by atoms with Crippen molar-refractivity contribution in [2.24, 2.45) is 5.92 Å². The number of amides is 1. The van der Waals surface area contributed by atoms with Crippen LogP contribution < -0.4 is 9.64 Å². The standard InChI is InChI=1S/C20H27NO6/c1-5-6-16(22)14-7-8-17-15(11-14)21(12-18(23)26-10-9-25-4)20(24)19(27-17)13(2)3/h7-8,11,13,19H,5-6,9-10,12H2,1-4H3. The van der Waals surface area contributed by atoms with E-state index in [2.05, 4.69) is 0 Å². The number of hydrogen-bond donors (Lipinski definition) is 0. The number of carbonyl (C=O) groups excluding carboxylic acids is 3. The van der Waals surface area contributed by atoms with Gasteiger partial charge in [-0.05, 0) is 30.5 Å². The van der Waals surface area contributed by atoms with Gasteiger partial charge in [0.1, 0.15) is 18.9 Å². The number of nitrogens with zero attached hydrogens (tertiary/aromatic N) is 1. The second-order valence-corrected chi connectivity index (χ2v) is 6.78. The molecule has 0 saturated carbocycles. The second-order valence-electron chi connectivity index (χ2n) is 6.78. The van der Waals surface area contributed by atoms with Crippen LogP contribution in [0.15, 0.2) is 18.2 Å². The zero-order valence-corrected chi connectivity index (χ0v) is 16.3. The predicted octanol–water partition coefficient (Wildman–Crippen LogP) is 2.61. The lowest BCUT2D eigenvalue weighted by Crippen LogP contribution is -2.50. The Balaban J connectivity index is 2.32. The fourth-order valence-electron chi connectivity index (χ4n) is 2.83. The fraction of sp³-hybridized carbons (Fsp3) is 0.550. The van der Waals surface area contributed by atoms with Crippen molar-refractivity contribution in [1.29, 1.82) is 0 Å². The first kappa shape index (κ1) is 20.9. The van der Waals surface area contributed by atoms with Gasteiger partial charge in [0, 0.05) is 19.1 Å². The van der Waals surface area contributed by atoms with E-state index >= 15 is 0 Å². The van der Waals surface area contributed by atoms with E-state index in [0.717, 1.165) is 6.42 Å². The number of carbonyl (C=O) groups is 3. The summed E-state index contributed by atoms with van der Waals surface area (Å²) in [6.07, 6.45) is 0.457. The van der Waals surface area contributed by atoms with E-state index in [-0.39, 0.29) is 37.4 Å². The summed E-state index contributed by atoms with van der Waals surface area (Å²) >= 11 is 0. The Morgan fingerprint density at radius 2 is 2.00 bits per heavy atom. The van der Waals surface area contributed by atoms with E-state index in [1.54, 1.807) is 18.2 Å². The Labute approximate surface area is 159 Å². The number of methoxy groups -OCH3 is 1. The molecule has 0 radical (unpaired) electrons. The van der Waals surface area contributed by atoms with Gasteiger partial charge in [0.2, 0.25) is 0 Å². The molecule has 1 unspecified atom stereocenters. The maximum absolute atomic E-state index is 12.9. The Morgan fingerprint density at radius 3 is 2.63 bits per heavy atom. The molecule has 0 aromatic heterocycles. The van der Waals surface area contributed by atoms with Crippen LogP contribution in [0.1, 0.15) is 44.0 Å². The van der Waals surface area contributed by atoms with Crippen molar-refractivity contribution in [3.05, 3.63) is 23.8 Å². The van der Waals surface area contributed by atoms with Crippen LogP contribution in [0.25, 0.3) is 0 Å². The van der Waals surface area contributed by atoms with Crippen LogP contribution in [0, 0.1) is 5.92 Å². The normalized spacial score (nSPS) is 16.1. The quantitative estimate of drug-likeness (QED) is 0.374. The minimum absolute atomic E-state index is 0.0126. The molecule has 0 N–H and O–H groups in total. The fourth-order valence-corrected chi connectivity index (χ4v) is 2.83. The smallest absolute Gasteiger partial charge is 0.326 e. The number of esters is 1. The summed E-state index contributed by atoms with van der Waals surface area (Å²) in [5.41, 5.74) is 0.912. The molecule has 1 aromatic rings. The lowest BCUT2D eigenvalue weighted by Gasteiger charge is -2.35. The number of ketones is 1. The van der Waals surface area contributed by atoms with Crippen molar-refractivity contribution in [3.8, 4) is 5.75 Å². The Kier molecular flexibility index (Phi) is 7.36. The number of hydrogen-bond acceptors (Lipinski definition) is 6. The van der Waals surface area contributed by atoms with E-state index < -0.39 is 12.1 Å². The molecule has 2 rings (SSSR count). The van der Waals surface area contributed by atoms with Crippen molar-refractivity contribution in [2.45, 2.75) is 39.7 Å². The highest BCUT2D eigenvalue weighted by atomic mass is 16.6. The molecule has 0 saturated heterocycles. The van der Waals surface area contributed by atoms with E-state index in [9.17, 15) is 14.4 Å². The summed E-state index contributed by atoms with van der Waals surface area (Å²) in [6.45, 7) is 5.84. The molecular weight excluding hydrogens is 350 g/mol.